The first-order chi connectivity index (χ1) is 12.3. The second kappa shape index (κ2) is 6.89. The Morgan fingerprint density at radius 3 is 2.28 bits per heavy atom. The molecule has 2 atom stereocenters. The van der Waals surface area contributed by atoms with Gasteiger partial charge in [-0.1, -0.05) is 48.5 Å². The molecule has 2 aromatic rings. The Balaban J connectivity index is 1.42. The summed E-state index contributed by atoms with van der Waals surface area (Å²) in [4.78, 5) is 12.2. The predicted octanol–water partition coefficient (Wildman–Crippen LogP) is 3.69. The number of fused-ring (bicyclic) bond motifs is 3. The van der Waals surface area contributed by atoms with Crippen molar-refractivity contribution in [2.24, 2.45) is 5.92 Å². The molecule has 0 radical (unpaired) electrons. The van der Waals surface area contributed by atoms with Crippen LogP contribution in [0.5, 0.6) is 0 Å². The van der Waals surface area contributed by atoms with Crippen LogP contribution < -0.4 is 5.32 Å². The van der Waals surface area contributed by atoms with Crippen LogP contribution >= 0.6 is 0 Å². The summed E-state index contributed by atoms with van der Waals surface area (Å²) in [5.74, 6) is 0.394. The van der Waals surface area contributed by atoms with E-state index in [1.54, 1.807) is 0 Å². The molecule has 2 aliphatic rings. The van der Waals surface area contributed by atoms with Crippen LogP contribution in [0.1, 0.15) is 36.3 Å². The van der Waals surface area contributed by atoms with Gasteiger partial charge in [-0.3, -0.25) is 0 Å². The molecule has 2 aromatic carbocycles. The van der Waals surface area contributed by atoms with Gasteiger partial charge in [0.25, 0.3) is 0 Å². The highest BCUT2D eigenvalue weighted by Crippen LogP contribution is 2.44. The first-order valence-electron chi connectivity index (χ1n) is 8.98. The maximum atomic E-state index is 12.2. The lowest BCUT2D eigenvalue weighted by atomic mass is 9.98. The summed E-state index contributed by atoms with van der Waals surface area (Å²) in [6.45, 7) is 0.541. The van der Waals surface area contributed by atoms with Gasteiger partial charge in [0.1, 0.15) is 6.61 Å². The van der Waals surface area contributed by atoms with E-state index in [9.17, 15) is 9.90 Å². The van der Waals surface area contributed by atoms with Crippen LogP contribution in [0, 0.1) is 5.92 Å². The third kappa shape index (κ3) is 3.14. The lowest BCUT2D eigenvalue weighted by molar-refractivity contribution is 0.138. The molecular formula is C21H23NO3. The van der Waals surface area contributed by atoms with Gasteiger partial charge in [-0.05, 0) is 47.4 Å². The van der Waals surface area contributed by atoms with Crippen molar-refractivity contribution in [2.75, 3.05) is 13.2 Å². The van der Waals surface area contributed by atoms with Gasteiger partial charge in [0.05, 0.1) is 0 Å². The highest BCUT2D eigenvalue weighted by molar-refractivity contribution is 5.79. The molecule has 0 spiro atoms. The third-order valence-corrected chi connectivity index (χ3v) is 5.47. The fraction of sp³-hybridized carbons (Fsp3) is 0.381. The molecule has 0 aromatic heterocycles. The molecule has 25 heavy (non-hydrogen) atoms. The summed E-state index contributed by atoms with van der Waals surface area (Å²) in [6.07, 6.45) is 2.35. The minimum atomic E-state index is -0.356. The lowest BCUT2D eigenvalue weighted by Gasteiger charge is -2.17. The lowest BCUT2D eigenvalue weighted by Crippen LogP contribution is -2.34. The van der Waals surface area contributed by atoms with E-state index in [1.807, 2.05) is 24.3 Å². The molecule has 2 N–H and O–H groups in total. The molecule has 0 saturated heterocycles. The van der Waals surface area contributed by atoms with E-state index in [4.69, 9.17) is 4.74 Å². The van der Waals surface area contributed by atoms with Gasteiger partial charge in [0, 0.05) is 18.6 Å². The second-order valence-electron chi connectivity index (χ2n) is 7.03. The topological polar surface area (TPSA) is 58.6 Å². The van der Waals surface area contributed by atoms with E-state index < -0.39 is 0 Å². The third-order valence-electron chi connectivity index (χ3n) is 5.47. The van der Waals surface area contributed by atoms with Crippen LogP contribution in [-0.4, -0.2) is 30.5 Å². The fourth-order valence-electron chi connectivity index (χ4n) is 4.18. The number of nitrogens with one attached hydrogen (secondary N) is 1. The highest BCUT2D eigenvalue weighted by atomic mass is 16.5. The average Bonchev–Trinajstić information content (AvgIpc) is 3.22. The van der Waals surface area contributed by atoms with Crippen molar-refractivity contribution in [1.82, 2.24) is 5.32 Å². The van der Waals surface area contributed by atoms with Crippen molar-refractivity contribution < 1.29 is 14.6 Å². The zero-order valence-electron chi connectivity index (χ0n) is 14.2. The number of alkyl carbamates (subject to hydrolysis) is 1. The number of aliphatic hydroxyl groups excluding tert-OH is 1. The maximum absolute atomic E-state index is 12.2. The first kappa shape index (κ1) is 16.2. The van der Waals surface area contributed by atoms with Crippen molar-refractivity contribution in [2.45, 2.75) is 31.2 Å². The molecule has 0 bridgehead atoms. The number of carbonyl (C=O) groups is 1. The molecular weight excluding hydrogens is 314 g/mol. The first-order valence-corrected chi connectivity index (χ1v) is 8.98. The minimum Gasteiger partial charge on any atom is -0.449 e. The number of carbonyl (C=O) groups excluding carboxylic acids is 1. The van der Waals surface area contributed by atoms with Crippen molar-refractivity contribution in [3.8, 4) is 11.1 Å². The Kier molecular flexibility index (Phi) is 4.45. The van der Waals surface area contributed by atoms with Crippen molar-refractivity contribution in [1.29, 1.82) is 0 Å². The standard InChI is InChI=1S/C21H23NO3/c23-12-14-9-10-15(11-14)22-21(24)25-13-20-18-7-3-1-5-16(18)17-6-2-4-8-19(17)20/h1-8,14-15,20,23H,9-13H2,(H,22,24). The molecule has 2 unspecified atom stereocenters. The molecule has 0 heterocycles. The summed E-state index contributed by atoms with van der Waals surface area (Å²) in [6, 6.07) is 16.8. The predicted molar refractivity (Wildman–Crippen MR) is 96.4 cm³/mol. The number of aliphatic hydroxyl groups is 1. The zero-order chi connectivity index (χ0) is 17.2. The SMILES string of the molecule is O=C(NC1CCC(CO)C1)OCC1c2ccccc2-c2ccccc21. The molecule has 130 valence electrons. The number of rotatable bonds is 4. The average molecular weight is 337 g/mol. The number of ether oxygens (including phenoxy) is 1. The Hall–Kier alpha value is -2.33. The van der Waals surface area contributed by atoms with Gasteiger partial charge in [-0.2, -0.15) is 0 Å². The monoisotopic (exact) mass is 337 g/mol. The molecule has 4 nitrogen and oxygen atoms in total. The molecule has 4 heteroatoms. The maximum Gasteiger partial charge on any atom is 0.407 e. The van der Waals surface area contributed by atoms with Gasteiger partial charge in [-0.15, -0.1) is 0 Å². The number of benzene rings is 2. The van der Waals surface area contributed by atoms with Gasteiger partial charge in [-0.25, -0.2) is 4.79 Å². The molecule has 1 amide bonds. The summed E-state index contributed by atoms with van der Waals surface area (Å²) >= 11 is 0. The molecule has 1 fully saturated rings. The quantitative estimate of drug-likeness (QED) is 0.895. The van der Waals surface area contributed by atoms with E-state index in [1.165, 1.54) is 22.3 Å². The molecule has 4 rings (SSSR count). The number of hydrogen-bond acceptors (Lipinski definition) is 3. The van der Waals surface area contributed by atoms with E-state index in [2.05, 4.69) is 29.6 Å². The summed E-state index contributed by atoms with van der Waals surface area (Å²) in [5.41, 5.74) is 4.90. The van der Waals surface area contributed by atoms with Gasteiger partial charge >= 0.3 is 6.09 Å². The zero-order valence-corrected chi connectivity index (χ0v) is 14.2. The van der Waals surface area contributed by atoms with E-state index >= 15 is 0 Å². The number of amides is 1. The number of hydrogen-bond donors (Lipinski definition) is 2. The highest BCUT2D eigenvalue weighted by Gasteiger charge is 2.30. The fourth-order valence-corrected chi connectivity index (χ4v) is 4.18. The Labute approximate surface area is 147 Å². The van der Waals surface area contributed by atoms with E-state index in [-0.39, 0.29) is 24.7 Å². The molecule has 2 aliphatic carbocycles. The summed E-state index contributed by atoms with van der Waals surface area (Å²) in [7, 11) is 0. The summed E-state index contributed by atoms with van der Waals surface area (Å²) < 4.78 is 5.56. The van der Waals surface area contributed by atoms with Gasteiger partial charge < -0.3 is 15.2 Å². The normalized spacial score (nSPS) is 21.6. The van der Waals surface area contributed by atoms with Crippen molar-refractivity contribution in [3.05, 3.63) is 59.7 Å². The van der Waals surface area contributed by atoms with Crippen LogP contribution in [-0.2, 0) is 4.74 Å². The minimum absolute atomic E-state index is 0.0897. The van der Waals surface area contributed by atoms with Crippen molar-refractivity contribution >= 4 is 6.09 Å². The van der Waals surface area contributed by atoms with Crippen LogP contribution in [0.2, 0.25) is 0 Å². The smallest absolute Gasteiger partial charge is 0.407 e. The summed E-state index contributed by atoms with van der Waals surface area (Å²) in [5, 5.41) is 12.1. The Morgan fingerprint density at radius 1 is 1.04 bits per heavy atom. The van der Waals surface area contributed by atoms with E-state index in [0.717, 1.165) is 19.3 Å². The molecule has 1 saturated carbocycles. The van der Waals surface area contributed by atoms with Crippen LogP contribution in [0.3, 0.4) is 0 Å². The van der Waals surface area contributed by atoms with Crippen LogP contribution in [0.25, 0.3) is 11.1 Å². The van der Waals surface area contributed by atoms with Gasteiger partial charge in [0.15, 0.2) is 0 Å². The van der Waals surface area contributed by atoms with Crippen molar-refractivity contribution in [3.63, 3.8) is 0 Å². The Bertz CT molecular complexity index is 728. The molecule has 0 aliphatic heterocycles. The van der Waals surface area contributed by atoms with Crippen LogP contribution in [0.4, 0.5) is 4.79 Å². The largest absolute Gasteiger partial charge is 0.449 e. The Morgan fingerprint density at radius 2 is 1.68 bits per heavy atom. The van der Waals surface area contributed by atoms with Gasteiger partial charge in [0.2, 0.25) is 0 Å². The van der Waals surface area contributed by atoms with E-state index in [0.29, 0.717) is 12.5 Å². The second-order valence-corrected chi connectivity index (χ2v) is 7.03. The van der Waals surface area contributed by atoms with Crippen LogP contribution in [0.15, 0.2) is 48.5 Å².